The number of nitrogens with two attached hydrogens (primary N) is 2. The number of ether oxygens (including phenoxy) is 2. The summed E-state index contributed by atoms with van der Waals surface area (Å²) in [5.74, 6) is 6.26. The van der Waals surface area contributed by atoms with Gasteiger partial charge in [-0.25, -0.2) is 9.97 Å². The molecule has 1 saturated heterocycles. The van der Waals surface area contributed by atoms with Gasteiger partial charge in [-0.3, -0.25) is 9.79 Å². The number of rotatable bonds is 6. The first kappa shape index (κ1) is 21.4. The number of anilines is 1. The molecule has 0 radical (unpaired) electrons. The third kappa shape index (κ3) is 4.30. The second-order valence-corrected chi connectivity index (χ2v) is 7.36. The second-order valence-electron chi connectivity index (χ2n) is 7.36. The number of nitrogens with zero attached hydrogens (tertiary/aromatic N) is 5. The Labute approximate surface area is 184 Å². The molecule has 0 atom stereocenters. The van der Waals surface area contributed by atoms with Crippen molar-refractivity contribution in [2.75, 3.05) is 26.1 Å². The summed E-state index contributed by atoms with van der Waals surface area (Å²) < 4.78 is 12.5. The number of hydrogen-bond donors (Lipinski definition) is 2. The standard InChI is InChI=1S/C22H25N7O3/c1-31-18-6-2-5-16-19(26-22(23)27-20(16)18)17(28-24)13-25-12-14-4-3-9-29(21(14)30)15-7-10-32-11-8-15/h2-6,9,13,15H,7-8,10-12,24H2,1H3,(H2,23,26,27)/b25-13?,28-17+. The van der Waals surface area contributed by atoms with Crippen LogP contribution in [0.3, 0.4) is 0 Å². The summed E-state index contributed by atoms with van der Waals surface area (Å²) in [4.78, 5) is 25.9. The van der Waals surface area contributed by atoms with E-state index in [-0.39, 0.29) is 24.1 Å². The fourth-order valence-electron chi connectivity index (χ4n) is 3.82. The highest BCUT2D eigenvalue weighted by Crippen LogP contribution is 2.26. The SMILES string of the molecule is COc1cccc2c(/C(C=NCc3cccn(C4CCOCC4)c3=O)=N/N)nc(N)nc12. The summed E-state index contributed by atoms with van der Waals surface area (Å²) in [6.45, 7) is 1.51. The Bertz CT molecular complexity index is 1230. The van der Waals surface area contributed by atoms with E-state index in [1.165, 1.54) is 6.21 Å². The average Bonchev–Trinajstić information content (AvgIpc) is 2.82. The lowest BCUT2D eigenvalue weighted by atomic mass is 10.1. The van der Waals surface area contributed by atoms with Crippen LogP contribution in [0.2, 0.25) is 0 Å². The third-order valence-electron chi connectivity index (χ3n) is 5.42. The molecule has 166 valence electrons. The minimum atomic E-state index is -0.0516. The fraction of sp³-hybridized carbons (Fsp3) is 0.318. The van der Waals surface area contributed by atoms with E-state index in [1.54, 1.807) is 23.8 Å². The molecule has 3 aromatic rings. The first-order chi connectivity index (χ1) is 15.6. The van der Waals surface area contributed by atoms with Gasteiger partial charge >= 0.3 is 0 Å². The van der Waals surface area contributed by atoms with Gasteiger partial charge in [0.1, 0.15) is 22.7 Å². The molecule has 0 bridgehead atoms. The minimum absolute atomic E-state index is 0.0516. The van der Waals surface area contributed by atoms with Crippen LogP contribution in [0.1, 0.15) is 30.1 Å². The first-order valence-corrected chi connectivity index (χ1v) is 10.3. The lowest BCUT2D eigenvalue weighted by molar-refractivity contribution is 0.0686. The van der Waals surface area contributed by atoms with E-state index in [1.807, 2.05) is 24.4 Å². The number of hydrazone groups is 1. The quantitative estimate of drug-likeness (QED) is 0.340. The normalized spacial score (nSPS) is 15.5. The van der Waals surface area contributed by atoms with Crippen LogP contribution in [-0.4, -0.2) is 46.8 Å². The fourth-order valence-corrected chi connectivity index (χ4v) is 3.82. The lowest BCUT2D eigenvalue weighted by Crippen LogP contribution is -2.30. The van der Waals surface area contributed by atoms with Crippen molar-refractivity contribution in [1.82, 2.24) is 14.5 Å². The zero-order chi connectivity index (χ0) is 22.5. The molecule has 1 aromatic carbocycles. The van der Waals surface area contributed by atoms with Crippen LogP contribution in [-0.2, 0) is 11.3 Å². The topological polar surface area (TPSA) is 143 Å². The Morgan fingerprint density at radius 1 is 1.28 bits per heavy atom. The van der Waals surface area contributed by atoms with Crippen LogP contribution in [0, 0.1) is 0 Å². The molecule has 4 N–H and O–H groups in total. The number of methoxy groups -OCH3 is 1. The summed E-state index contributed by atoms with van der Waals surface area (Å²) in [7, 11) is 1.55. The highest BCUT2D eigenvalue weighted by Gasteiger charge is 2.18. The summed E-state index contributed by atoms with van der Waals surface area (Å²) >= 11 is 0. The van der Waals surface area contributed by atoms with Crippen LogP contribution in [0.15, 0.2) is 51.4 Å². The van der Waals surface area contributed by atoms with Crippen LogP contribution in [0.5, 0.6) is 5.75 Å². The highest BCUT2D eigenvalue weighted by atomic mass is 16.5. The van der Waals surface area contributed by atoms with E-state index in [4.69, 9.17) is 21.1 Å². The van der Waals surface area contributed by atoms with E-state index >= 15 is 0 Å². The zero-order valence-electron chi connectivity index (χ0n) is 17.8. The number of fused-ring (bicyclic) bond motifs is 1. The zero-order valence-corrected chi connectivity index (χ0v) is 17.8. The van der Waals surface area contributed by atoms with Gasteiger partial charge in [-0.15, -0.1) is 0 Å². The molecule has 3 heterocycles. The van der Waals surface area contributed by atoms with E-state index in [0.717, 1.165) is 12.8 Å². The van der Waals surface area contributed by atoms with Gasteiger partial charge in [0.15, 0.2) is 0 Å². The minimum Gasteiger partial charge on any atom is -0.494 e. The van der Waals surface area contributed by atoms with Crippen molar-refractivity contribution in [3.63, 3.8) is 0 Å². The van der Waals surface area contributed by atoms with E-state index in [9.17, 15) is 4.79 Å². The predicted octanol–water partition coefficient (Wildman–Crippen LogP) is 1.67. The Kier molecular flexibility index (Phi) is 6.41. The molecule has 2 aromatic heterocycles. The summed E-state index contributed by atoms with van der Waals surface area (Å²) in [6.07, 6.45) is 4.96. The van der Waals surface area contributed by atoms with Crippen LogP contribution < -0.4 is 21.9 Å². The molecular formula is C22H25N7O3. The molecule has 0 saturated carbocycles. The second kappa shape index (κ2) is 9.56. The van der Waals surface area contributed by atoms with Gasteiger partial charge in [0.05, 0.1) is 19.9 Å². The smallest absolute Gasteiger partial charge is 0.255 e. The Hall–Kier alpha value is -3.79. The van der Waals surface area contributed by atoms with Gasteiger partial charge < -0.3 is 25.6 Å². The van der Waals surface area contributed by atoms with Gasteiger partial charge in [-0.2, -0.15) is 5.10 Å². The van der Waals surface area contributed by atoms with Gasteiger partial charge in [0.2, 0.25) is 5.95 Å². The molecule has 0 unspecified atom stereocenters. The van der Waals surface area contributed by atoms with Crippen molar-refractivity contribution in [3.05, 3.63) is 58.1 Å². The van der Waals surface area contributed by atoms with Gasteiger partial charge in [-0.1, -0.05) is 18.2 Å². The number of benzene rings is 1. The van der Waals surface area contributed by atoms with Crippen LogP contribution >= 0.6 is 0 Å². The Balaban J connectivity index is 1.61. The van der Waals surface area contributed by atoms with Crippen molar-refractivity contribution in [3.8, 4) is 5.75 Å². The molecule has 10 nitrogen and oxygen atoms in total. The van der Waals surface area contributed by atoms with E-state index in [2.05, 4.69) is 20.1 Å². The molecule has 0 spiro atoms. The van der Waals surface area contributed by atoms with Crippen molar-refractivity contribution in [2.24, 2.45) is 15.9 Å². The monoisotopic (exact) mass is 435 g/mol. The number of pyridine rings is 1. The van der Waals surface area contributed by atoms with Crippen molar-refractivity contribution < 1.29 is 9.47 Å². The number of para-hydroxylation sites is 1. The molecule has 4 rings (SSSR count). The summed E-state index contributed by atoms with van der Waals surface area (Å²) in [6, 6.07) is 9.22. The van der Waals surface area contributed by atoms with Crippen LogP contribution in [0.4, 0.5) is 5.95 Å². The maximum absolute atomic E-state index is 12.9. The molecule has 1 aliphatic heterocycles. The molecule has 0 amide bonds. The summed E-state index contributed by atoms with van der Waals surface area (Å²) in [5.41, 5.74) is 7.73. The van der Waals surface area contributed by atoms with Gasteiger partial charge in [0, 0.05) is 36.4 Å². The molecule has 10 heteroatoms. The predicted molar refractivity (Wildman–Crippen MR) is 123 cm³/mol. The number of hydrogen-bond acceptors (Lipinski definition) is 9. The first-order valence-electron chi connectivity index (χ1n) is 10.3. The molecule has 0 aliphatic carbocycles. The van der Waals surface area contributed by atoms with Gasteiger partial charge in [-0.05, 0) is 25.0 Å². The number of aliphatic imine (C=N–C) groups is 1. The molecule has 1 aliphatic rings. The maximum Gasteiger partial charge on any atom is 0.255 e. The number of aromatic nitrogens is 3. The maximum atomic E-state index is 12.9. The molecule has 1 fully saturated rings. The average molecular weight is 435 g/mol. The van der Waals surface area contributed by atoms with Crippen LogP contribution in [0.25, 0.3) is 10.9 Å². The van der Waals surface area contributed by atoms with E-state index in [0.29, 0.717) is 46.8 Å². The molecule has 32 heavy (non-hydrogen) atoms. The van der Waals surface area contributed by atoms with Crippen molar-refractivity contribution in [1.29, 1.82) is 0 Å². The van der Waals surface area contributed by atoms with E-state index < -0.39 is 0 Å². The molecular weight excluding hydrogens is 410 g/mol. The highest BCUT2D eigenvalue weighted by molar-refractivity contribution is 6.40. The van der Waals surface area contributed by atoms with Crippen molar-refractivity contribution >= 4 is 28.8 Å². The third-order valence-corrected chi connectivity index (χ3v) is 5.42. The Morgan fingerprint density at radius 3 is 2.84 bits per heavy atom. The summed E-state index contributed by atoms with van der Waals surface area (Å²) in [5, 5.41) is 4.51. The van der Waals surface area contributed by atoms with Gasteiger partial charge in [0.25, 0.3) is 5.56 Å². The van der Waals surface area contributed by atoms with Crippen molar-refractivity contribution in [2.45, 2.75) is 25.4 Å². The number of nitrogen functional groups attached to an aromatic ring is 1. The Morgan fingerprint density at radius 2 is 2.09 bits per heavy atom. The largest absolute Gasteiger partial charge is 0.494 e. The lowest BCUT2D eigenvalue weighted by Gasteiger charge is -2.24.